The molecule has 0 aromatic heterocycles. The molecule has 1 atom stereocenters. The summed E-state index contributed by atoms with van der Waals surface area (Å²) >= 11 is 0. The van der Waals surface area contributed by atoms with Crippen molar-refractivity contribution in [1.82, 2.24) is 5.32 Å². The van der Waals surface area contributed by atoms with E-state index in [9.17, 15) is 14.0 Å². The van der Waals surface area contributed by atoms with Gasteiger partial charge in [-0.1, -0.05) is 6.07 Å². The van der Waals surface area contributed by atoms with Gasteiger partial charge in [0.25, 0.3) is 0 Å². The average molecular weight is 321 g/mol. The highest BCUT2D eigenvalue weighted by Gasteiger charge is 2.39. The molecule has 124 valence electrons. The lowest BCUT2D eigenvalue weighted by Crippen LogP contribution is -2.54. The minimum Gasteiger partial charge on any atom is -0.481 e. The molecule has 5 nitrogen and oxygen atoms in total. The number of aryl methyl sites for hydroxylation is 1. The summed E-state index contributed by atoms with van der Waals surface area (Å²) < 4.78 is 18.6. The van der Waals surface area contributed by atoms with E-state index in [1.807, 2.05) is 0 Å². The standard InChI is InChI=1S/C17H20FNO4/c18-12-2-4-13-11(9-12)1-3-14(13)16(22)19-17(10-15(20)21)5-7-23-8-6-17/h2,4,9,14H,1,3,5-8,10H2,(H,19,22)(H,20,21). The number of nitrogens with one attached hydrogen (secondary N) is 1. The zero-order valence-electron chi connectivity index (χ0n) is 12.8. The first-order chi connectivity index (χ1) is 11.0. The SMILES string of the molecule is O=C(O)CC1(NC(=O)C2CCc3cc(F)ccc32)CCOCC1. The van der Waals surface area contributed by atoms with Crippen LogP contribution in [-0.4, -0.2) is 35.7 Å². The predicted octanol–water partition coefficient (Wildman–Crippen LogP) is 2.00. The lowest BCUT2D eigenvalue weighted by atomic mass is 9.85. The molecule has 2 N–H and O–H groups in total. The minimum absolute atomic E-state index is 0.106. The summed E-state index contributed by atoms with van der Waals surface area (Å²) in [4.78, 5) is 23.9. The van der Waals surface area contributed by atoms with Gasteiger partial charge in [-0.3, -0.25) is 9.59 Å². The second-order valence-corrected chi connectivity index (χ2v) is 6.39. The van der Waals surface area contributed by atoms with Gasteiger partial charge in [-0.2, -0.15) is 0 Å². The van der Waals surface area contributed by atoms with E-state index in [2.05, 4.69) is 5.32 Å². The maximum Gasteiger partial charge on any atom is 0.305 e. The summed E-state index contributed by atoms with van der Waals surface area (Å²) in [5.41, 5.74) is 0.968. The summed E-state index contributed by atoms with van der Waals surface area (Å²) in [7, 11) is 0. The maximum absolute atomic E-state index is 13.3. The van der Waals surface area contributed by atoms with Crippen molar-refractivity contribution in [3.8, 4) is 0 Å². The topological polar surface area (TPSA) is 75.6 Å². The molecule has 0 saturated carbocycles. The second-order valence-electron chi connectivity index (χ2n) is 6.39. The van der Waals surface area contributed by atoms with E-state index in [0.29, 0.717) is 38.9 Å². The van der Waals surface area contributed by atoms with Crippen LogP contribution in [-0.2, 0) is 20.7 Å². The number of carbonyl (C=O) groups is 2. The Bertz CT molecular complexity index is 625. The molecule has 2 aliphatic rings. The number of carbonyl (C=O) groups excluding carboxylic acids is 1. The van der Waals surface area contributed by atoms with Gasteiger partial charge in [-0.25, -0.2) is 4.39 Å². The molecule has 0 spiro atoms. The van der Waals surface area contributed by atoms with Gasteiger partial charge in [-0.15, -0.1) is 0 Å². The van der Waals surface area contributed by atoms with E-state index in [0.717, 1.165) is 11.1 Å². The molecule has 0 bridgehead atoms. The van der Waals surface area contributed by atoms with Crippen LogP contribution in [0.1, 0.15) is 42.7 Å². The number of fused-ring (bicyclic) bond motifs is 1. The Morgan fingerprint density at radius 3 is 2.78 bits per heavy atom. The molecule has 1 aliphatic carbocycles. The minimum atomic E-state index is -0.930. The Kier molecular flexibility index (Phi) is 4.35. The zero-order chi connectivity index (χ0) is 16.4. The van der Waals surface area contributed by atoms with Gasteiger partial charge in [0.15, 0.2) is 0 Å². The smallest absolute Gasteiger partial charge is 0.305 e. The first-order valence-electron chi connectivity index (χ1n) is 7.89. The van der Waals surface area contributed by atoms with Gasteiger partial charge in [0.2, 0.25) is 5.91 Å². The Labute approximate surface area is 133 Å². The molecule has 1 amide bonds. The third kappa shape index (κ3) is 3.37. The van der Waals surface area contributed by atoms with Gasteiger partial charge in [0.05, 0.1) is 17.9 Å². The number of carboxylic acid groups (broad SMARTS) is 1. The molecule has 1 aliphatic heterocycles. The lowest BCUT2D eigenvalue weighted by molar-refractivity contribution is -0.140. The van der Waals surface area contributed by atoms with Crippen molar-refractivity contribution in [3.63, 3.8) is 0 Å². The molecule has 1 heterocycles. The molecule has 1 aromatic carbocycles. The van der Waals surface area contributed by atoms with Crippen molar-refractivity contribution in [2.45, 2.75) is 43.6 Å². The second kappa shape index (κ2) is 6.28. The van der Waals surface area contributed by atoms with Crippen molar-refractivity contribution in [2.24, 2.45) is 0 Å². The van der Waals surface area contributed by atoms with Crippen molar-refractivity contribution in [3.05, 3.63) is 35.1 Å². The monoisotopic (exact) mass is 321 g/mol. The molecule has 3 rings (SSSR count). The van der Waals surface area contributed by atoms with Crippen LogP contribution >= 0.6 is 0 Å². The predicted molar refractivity (Wildman–Crippen MR) is 80.6 cm³/mol. The van der Waals surface area contributed by atoms with Crippen LogP contribution in [0.4, 0.5) is 4.39 Å². The fraction of sp³-hybridized carbons (Fsp3) is 0.529. The lowest BCUT2D eigenvalue weighted by Gasteiger charge is -2.37. The Morgan fingerprint density at radius 2 is 2.09 bits per heavy atom. The molecular weight excluding hydrogens is 301 g/mol. The van der Waals surface area contributed by atoms with Crippen molar-refractivity contribution in [1.29, 1.82) is 0 Å². The Morgan fingerprint density at radius 1 is 1.35 bits per heavy atom. The van der Waals surface area contributed by atoms with Crippen molar-refractivity contribution >= 4 is 11.9 Å². The number of aliphatic carboxylic acids is 1. The number of halogens is 1. The summed E-state index contributed by atoms with van der Waals surface area (Å²) in [5.74, 6) is -1.73. The Balaban J connectivity index is 1.77. The van der Waals surface area contributed by atoms with Gasteiger partial charge < -0.3 is 15.2 Å². The zero-order valence-corrected chi connectivity index (χ0v) is 12.8. The molecule has 1 saturated heterocycles. The quantitative estimate of drug-likeness (QED) is 0.889. The number of carboxylic acids is 1. The number of hydrogen-bond acceptors (Lipinski definition) is 3. The molecule has 1 fully saturated rings. The van der Waals surface area contributed by atoms with Crippen molar-refractivity contribution in [2.75, 3.05) is 13.2 Å². The molecule has 1 unspecified atom stereocenters. The van der Waals surface area contributed by atoms with Gasteiger partial charge in [-0.05, 0) is 48.9 Å². The van der Waals surface area contributed by atoms with E-state index in [1.165, 1.54) is 12.1 Å². The maximum atomic E-state index is 13.3. The molecule has 23 heavy (non-hydrogen) atoms. The number of rotatable bonds is 4. The number of benzene rings is 1. The van der Waals surface area contributed by atoms with Crippen LogP contribution < -0.4 is 5.32 Å². The van der Waals surface area contributed by atoms with Crippen molar-refractivity contribution < 1.29 is 23.8 Å². The normalized spacial score (nSPS) is 22.4. The summed E-state index contributed by atoms with van der Waals surface area (Å²) in [6, 6.07) is 4.51. The van der Waals surface area contributed by atoms with Crippen LogP contribution in [0, 0.1) is 5.82 Å². The van der Waals surface area contributed by atoms with E-state index >= 15 is 0 Å². The van der Waals surface area contributed by atoms with E-state index in [1.54, 1.807) is 6.07 Å². The molecule has 0 radical (unpaired) electrons. The Hall–Kier alpha value is -1.95. The highest BCUT2D eigenvalue weighted by atomic mass is 19.1. The van der Waals surface area contributed by atoms with Crippen LogP contribution in [0.2, 0.25) is 0 Å². The third-order valence-electron chi connectivity index (χ3n) is 4.83. The fourth-order valence-corrected chi connectivity index (χ4v) is 3.60. The van der Waals surface area contributed by atoms with Crippen LogP contribution in [0.25, 0.3) is 0 Å². The van der Waals surface area contributed by atoms with E-state index < -0.39 is 11.5 Å². The van der Waals surface area contributed by atoms with Gasteiger partial charge >= 0.3 is 5.97 Å². The molecular formula is C17H20FNO4. The highest BCUT2D eigenvalue weighted by molar-refractivity contribution is 5.86. The van der Waals surface area contributed by atoms with Crippen LogP contribution in [0.5, 0.6) is 0 Å². The van der Waals surface area contributed by atoms with E-state index in [-0.39, 0.29) is 24.1 Å². The molecule has 6 heteroatoms. The summed E-state index contributed by atoms with van der Waals surface area (Å²) in [6.07, 6.45) is 2.18. The number of amides is 1. The third-order valence-corrected chi connectivity index (χ3v) is 4.83. The first kappa shape index (κ1) is 15.9. The van der Waals surface area contributed by atoms with Crippen LogP contribution in [0.15, 0.2) is 18.2 Å². The average Bonchev–Trinajstić information content (AvgIpc) is 2.90. The van der Waals surface area contributed by atoms with Crippen LogP contribution in [0.3, 0.4) is 0 Å². The summed E-state index contributed by atoms with van der Waals surface area (Å²) in [5, 5.41) is 12.1. The number of hydrogen-bond donors (Lipinski definition) is 2. The largest absolute Gasteiger partial charge is 0.481 e. The highest BCUT2D eigenvalue weighted by Crippen LogP contribution is 2.35. The summed E-state index contributed by atoms with van der Waals surface area (Å²) in [6.45, 7) is 0.889. The number of ether oxygens (including phenoxy) is 1. The fourth-order valence-electron chi connectivity index (χ4n) is 3.60. The first-order valence-corrected chi connectivity index (χ1v) is 7.89. The van der Waals surface area contributed by atoms with E-state index in [4.69, 9.17) is 9.84 Å². The van der Waals surface area contributed by atoms with Gasteiger partial charge in [0, 0.05) is 13.2 Å². The molecule has 1 aromatic rings. The van der Waals surface area contributed by atoms with Gasteiger partial charge in [0.1, 0.15) is 5.82 Å².